The molecule has 0 aliphatic rings. The molecule has 2 aromatic rings. The fourth-order valence-corrected chi connectivity index (χ4v) is 2.13. The Hall–Kier alpha value is -2.82. The van der Waals surface area contributed by atoms with E-state index >= 15 is 0 Å². The van der Waals surface area contributed by atoms with Crippen molar-refractivity contribution in [3.8, 4) is 5.75 Å². The summed E-state index contributed by atoms with van der Waals surface area (Å²) in [7, 11) is 0. The molecule has 0 fully saturated rings. The van der Waals surface area contributed by atoms with E-state index in [1.54, 1.807) is 18.2 Å². The van der Waals surface area contributed by atoms with Crippen molar-refractivity contribution in [2.45, 2.75) is 32.9 Å². The minimum absolute atomic E-state index is 0.00257. The molecule has 5 heteroatoms. The number of nitrogens with one attached hydrogen (secondary N) is 2. The van der Waals surface area contributed by atoms with Crippen LogP contribution in [0.15, 0.2) is 54.6 Å². The first kappa shape index (κ1) is 17.5. The zero-order valence-corrected chi connectivity index (χ0v) is 13.9. The highest BCUT2D eigenvalue weighted by Crippen LogP contribution is 2.24. The molecule has 2 rings (SSSR count). The molecule has 0 unspecified atom stereocenters. The van der Waals surface area contributed by atoms with Crippen LogP contribution in [0.2, 0.25) is 0 Å². The van der Waals surface area contributed by atoms with E-state index in [0.717, 1.165) is 5.56 Å². The second kappa shape index (κ2) is 8.72. The lowest BCUT2D eigenvalue weighted by Crippen LogP contribution is -2.27. The third-order valence-corrected chi connectivity index (χ3v) is 3.18. The van der Waals surface area contributed by atoms with Crippen LogP contribution in [0.25, 0.3) is 0 Å². The molecular weight excluding hydrogens is 304 g/mol. The van der Waals surface area contributed by atoms with Gasteiger partial charge in [0.05, 0.1) is 11.8 Å². The summed E-state index contributed by atoms with van der Waals surface area (Å²) in [5.74, 6) is -0.107. The van der Waals surface area contributed by atoms with Gasteiger partial charge >= 0.3 is 0 Å². The molecule has 0 aromatic heterocycles. The molecule has 0 atom stereocenters. The number of amides is 2. The average molecular weight is 326 g/mol. The van der Waals surface area contributed by atoms with Gasteiger partial charge in [0.25, 0.3) is 0 Å². The van der Waals surface area contributed by atoms with Crippen LogP contribution >= 0.6 is 0 Å². The summed E-state index contributed by atoms with van der Waals surface area (Å²) in [5, 5.41) is 5.45. The summed E-state index contributed by atoms with van der Waals surface area (Å²) < 4.78 is 5.64. The lowest BCUT2D eigenvalue weighted by molar-refractivity contribution is -0.126. The standard InChI is InChI=1S/C19H22N2O3/c1-14(2)24-17-11-7-6-10-16(17)21-19(23)12-18(22)20-13-15-8-4-3-5-9-15/h3-11,14H,12-13H2,1-2H3,(H,20,22)(H,21,23). The Morgan fingerprint density at radius 3 is 2.33 bits per heavy atom. The van der Waals surface area contributed by atoms with Crippen molar-refractivity contribution >= 4 is 17.5 Å². The number of anilines is 1. The van der Waals surface area contributed by atoms with Gasteiger partial charge in [-0.05, 0) is 31.5 Å². The number of hydrogen-bond acceptors (Lipinski definition) is 3. The van der Waals surface area contributed by atoms with Crippen molar-refractivity contribution in [2.75, 3.05) is 5.32 Å². The van der Waals surface area contributed by atoms with E-state index < -0.39 is 0 Å². The van der Waals surface area contributed by atoms with Crippen LogP contribution in [-0.4, -0.2) is 17.9 Å². The van der Waals surface area contributed by atoms with Gasteiger partial charge in [0.1, 0.15) is 12.2 Å². The van der Waals surface area contributed by atoms with Crippen LogP contribution in [0.4, 0.5) is 5.69 Å². The number of ether oxygens (including phenoxy) is 1. The summed E-state index contributed by atoms with van der Waals surface area (Å²) in [4.78, 5) is 23.9. The zero-order valence-electron chi connectivity index (χ0n) is 13.9. The number of rotatable bonds is 7. The topological polar surface area (TPSA) is 67.4 Å². The fourth-order valence-electron chi connectivity index (χ4n) is 2.13. The van der Waals surface area contributed by atoms with Gasteiger partial charge < -0.3 is 15.4 Å². The van der Waals surface area contributed by atoms with Crippen molar-refractivity contribution in [1.29, 1.82) is 0 Å². The Morgan fingerprint density at radius 2 is 1.62 bits per heavy atom. The summed E-state index contributed by atoms with van der Waals surface area (Å²) >= 11 is 0. The average Bonchev–Trinajstić information content (AvgIpc) is 2.55. The zero-order chi connectivity index (χ0) is 17.4. The molecule has 2 N–H and O–H groups in total. The molecule has 126 valence electrons. The Balaban J connectivity index is 1.85. The van der Waals surface area contributed by atoms with Gasteiger partial charge in [-0.25, -0.2) is 0 Å². The number of para-hydroxylation sites is 2. The number of benzene rings is 2. The molecule has 0 saturated carbocycles. The summed E-state index contributed by atoms with van der Waals surface area (Å²) in [5.41, 5.74) is 1.55. The van der Waals surface area contributed by atoms with Crippen molar-refractivity contribution in [3.05, 3.63) is 60.2 Å². The van der Waals surface area contributed by atoms with E-state index in [1.165, 1.54) is 0 Å². The maximum Gasteiger partial charge on any atom is 0.233 e. The van der Waals surface area contributed by atoms with Crippen molar-refractivity contribution in [3.63, 3.8) is 0 Å². The Labute approximate surface area is 142 Å². The molecule has 2 aromatic carbocycles. The van der Waals surface area contributed by atoms with Gasteiger partial charge in [-0.2, -0.15) is 0 Å². The minimum Gasteiger partial charge on any atom is -0.489 e. The van der Waals surface area contributed by atoms with E-state index in [4.69, 9.17) is 4.74 Å². The van der Waals surface area contributed by atoms with Crippen LogP contribution in [0.3, 0.4) is 0 Å². The molecule has 0 radical (unpaired) electrons. The maximum absolute atomic E-state index is 12.0. The highest BCUT2D eigenvalue weighted by molar-refractivity contribution is 6.04. The highest BCUT2D eigenvalue weighted by atomic mass is 16.5. The second-order valence-electron chi connectivity index (χ2n) is 5.65. The molecule has 0 aliphatic carbocycles. The minimum atomic E-state index is -0.375. The van der Waals surface area contributed by atoms with E-state index in [1.807, 2.05) is 50.2 Å². The molecule has 24 heavy (non-hydrogen) atoms. The lowest BCUT2D eigenvalue weighted by atomic mass is 10.2. The van der Waals surface area contributed by atoms with Gasteiger partial charge in [0.15, 0.2) is 0 Å². The van der Waals surface area contributed by atoms with Crippen molar-refractivity contribution < 1.29 is 14.3 Å². The Kier molecular flexibility index (Phi) is 6.37. The van der Waals surface area contributed by atoms with E-state index in [2.05, 4.69) is 10.6 Å². The molecule has 2 amide bonds. The molecule has 0 heterocycles. The predicted molar refractivity (Wildman–Crippen MR) is 93.7 cm³/mol. The molecule has 0 spiro atoms. The maximum atomic E-state index is 12.0. The van der Waals surface area contributed by atoms with E-state index in [-0.39, 0.29) is 24.3 Å². The molecule has 5 nitrogen and oxygen atoms in total. The third kappa shape index (κ3) is 5.76. The quantitative estimate of drug-likeness (QED) is 0.768. The first-order valence-corrected chi connectivity index (χ1v) is 7.91. The van der Waals surface area contributed by atoms with Gasteiger partial charge in [0, 0.05) is 6.54 Å². The number of carbonyl (C=O) groups excluding carboxylic acids is 2. The Morgan fingerprint density at radius 1 is 0.958 bits per heavy atom. The van der Waals surface area contributed by atoms with E-state index in [0.29, 0.717) is 18.0 Å². The monoisotopic (exact) mass is 326 g/mol. The van der Waals surface area contributed by atoms with E-state index in [9.17, 15) is 9.59 Å². The van der Waals surface area contributed by atoms with Gasteiger partial charge in [-0.3, -0.25) is 9.59 Å². The van der Waals surface area contributed by atoms with Crippen LogP contribution in [-0.2, 0) is 16.1 Å². The van der Waals surface area contributed by atoms with Gasteiger partial charge in [-0.1, -0.05) is 42.5 Å². The summed E-state index contributed by atoms with van der Waals surface area (Å²) in [6.07, 6.45) is -0.236. The van der Waals surface area contributed by atoms with Crippen LogP contribution in [0.5, 0.6) is 5.75 Å². The first-order valence-electron chi connectivity index (χ1n) is 7.91. The SMILES string of the molecule is CC(C)Oc1ccccc1NC(=O)CC(=O)NCc1ccccc1. The normalized spacial score (nSPS) is 10.3. The van der Waals surface area contributed by atoms with Gasteiger partial charge in [-0.15, -0.1) is 0 Å². The third-order valence-electron chi connectivity index (χ3n) is 3.18. The van der Waals surface area contributed by atoms with Crippen LogP contribution in [0.1, 0.15) is 25.8 Å². The molecule has 0 saturated heterocycles. The number of hydrogen-bond donors (Lipinski definition) is 2. The van der Waals surface area contributed by atoms with Crippen LogP contribution < -0.4 is 15.4 Å². The van der Waals surface area contributed by atoms with Crippen molar-refractivity contribution in [2.24, 2.45) is 0 Å². The first-order chi connectivity index (χ1) is 11.5. The Bertz CT molecular complexity index is 684. The molecular formula is C19H22N2O3. The largest absolute Gasteiger partial charge is 0.489 e. The highest BCUT2D eigenvalue weighted by Gasteiger charge is 2.12. The molecule has 0 bridgehead atoms. The predicted octanol–water partition coefficient (Wildman–Crippen LogP) is 3.12. The smallest absolute Gasteiger partial charge is 0.233 e. The van der Waals surface area contributed by atoms with Gasteiger partial charge in [0.2, 0.25) is 11.8 Å². The van der Waals surface area contributed by atoms with Crippen molar-refractivity contribution in [1.82, 2.24) is 5.32 Å². The number of carbonyl (C=O) groups is 2. The summed E-state index contributed by atoms with van der Waals surface area (Å²) in [6.45, 7) is 4.23. The lowest BCUT2D eigenvalue weighted by Gasteiger charge is -2.14. The second-order valence-corrected chi connectivity index (χ2v) is 5.65. The molecule has 0 aliphatic heterocycles. The fraction of sp³-hybridized carbons (Fsp3) is 0.263. The summed E-state index contributed by atoms with van der Waals surface area (Å²) in [6, 6.07) is 16.7. The van der Waals surface area contributed by atoms with Crippen LogP contribution in [0, 0.1) is 0 Å².